The highest BCUT2D eigenvalue weighted by Gasteiger charge is 2.30. The van der Waals surface area contributed by atoms with Crippen molar-refractivity contribution in [2.45, 2.75) is 44.1 Å². The van der Waals surface area contributed by atoms with E-state index in [0.717, 1.165) is 45.2 Å². The smallest absolute Gasteiger partial charge is 0.276 e. The summed E-state index contributed by atoms with van der Waals surface area (Å²) in [6.07, 6.45) is 6.25. The molecule has 0 unspecified atom stereocenters. The predicted molar refractivity (Wildman–Crippen MR) is 118 cm³/mol. The minimum atomic E-state index is -0.0979. The van der Waals surface area contributed by atoms with Crippen LogP contribution >= 0.6 is 22.6 Å². The van der Waals surface area contributed by atoms with Crippen LogP contribution in [-0.2, 0) is 11.2 Å². The number of likely N-dealkylation sites (tertiary alicyclic amines) is 1. The van der Waals surface area contributed by atoms with Crippen LogP contribution in [0.25, 0.3) is 0 Å². The van der Waals surface area contributed by atoms with E-state index in [1.165, 1.54) is 17.4 Å². The number of hydrogen-bond donors (Lipinski definition) is 0. The van der Waals surface area contributed by atoms with E-state index < -0.39 is 0 Å². The molecule has 1 aromatic carbocycles. The molecule has 1 aliphatic carbocycles. The summed E-state index contributed by atoms with van der Waals surface area (Å²) in [6, 6.07) is 8.46. The molecule has 2 aromatic rings. The highest BCUT2D eigenvalue weighted by atomic mass is 127. The topological polar surface area (TPSA) is 66.7 Å². The number of oxazole rings is 1. The molecule has 0 saturated carbocycles. The van der Waals surface area contributed by atoms with Gasteiger partial charge in [-0.2, -0.15) is 0 Å². The van der Waals surface area contributed by atoms with E-state index in [0.29, 0.717) is 16.0 Å². The number of fused-ring (bicyclic) bond motifs is 1. The largest absolute Gasteiger partial charge is 0.448 e. The lowest BCUT2D eigenvalue weighted by Gasteiger charge is -2.33. The number of rotatable bonds is 4. The molecule has 2 amide bonds. The van der Waals surface area contributed by atoms with Crippen LogP contribution in [0.1, 0.15) is 65.1 Å². The highest BCUT2D eigenvalue weighted by molar-refractivity contribution is 14.1. The van der Waals surface area contributed by atoms with E-state index in [-0.39, 0.29) is 23.8 Å². The lowest BCUT2D eigenvalue weighted by molar-refractivity contribution is -0.129. The average molecular weight is 507 g/mol. The van der Waals surface area contributed by atoms with Gasteiger partial charge in [-0.15, -0.1) is 0 Å². The van der Waals surface area contributed by atoms with E-state index in [1.807, 2.05) is 18.0 Å². The van der Waals surface area contributed by atoms with Gasteiger partial charge < -0.3 is 14.2 Å². The van der Waals surface area contributed by atoms with Crippen molar-refractivity contribution < 1.29 is 14.0 Å². The molecule has 2 aliphatic rings. The van der Waals surface area contributed by atoms with Crippen LogP contribution in [0, 0.1) is 0 Å². The Morgan fingerprint density at radius 1 is 1.24 bits per heavy atom. The van der Waals surface area contributed by atoms with Crippen LogP contribution in [-0.4, -0.2) is 51.2 Å². The average Bonchev–Trinajstić information content (AvgIpc) is 3.27. The summed E-state index contributed by atoms with van der Waals surface area (Å²) in [6.45, 7) is 1.44. The first-order chi connectivity index (χ1) is 14.1. The lowest BCUT2D eigenvalue weighted by atomic mass is 9.87. The van der Waals surface area contributed by atoms with E-state index >= 15 is 0 Å². The van der Waals surface area contributed by atoms with Gasteiger partial charge in [0.15, 0.2) is 11.6 Å². The number of aromatic nitrogens is 1. The quantitative estimate of drug-likeness (QED) is 0.464. The fourth-order valence-electron chi connectivity index (χ4n) is 4.49. The summed E-state index contributed by atoms with van der Waals surface area (Å²) in [4.78, 5) is 33.2. The number of alkyl halides is 1. The zero-order valence-corrected chi connectivity index (χ0v) is 18.8. The van der Waals surface area contributed by atoms with Gasteiger partial charge in [-0.3, -0.25) is 9.59 Å². The SMILES string of the molecule is CN(C(=O)c1coc(C2CCN(C(=O)CI)CC2)n1)[C@@H]1CCCc2ccccc21. The molecule has 1 aliphatic heterocycles. The fourth-order valence-corrected chi connectivity index (χ4v) is 4.97. The first-order valence-corrected chi connectivity index (χ1v) is 11.7. The van der Waals surface area contributed by atoms with Crippen molar-refractivity contribution in [3.8, 4) is 0 Å². The van der Waals surface area contributed by atoms with Crippen molar-refractivity contribution in [2.24, 2.45) is 0 Å². The summed E-state index contributed by atoms with van der Waals surface area (Å²) in [5.74, 6) is 0.865. The standard InChI is InChI=1S/C22H26IN3O3/c1-25(19-8-4-6-15-5-2-3-7-17(15)19)22(28)18-14-29-21(24-18)16-9-11-26(12-10-16)20(27)13-23/h2-3,5,7,14,16,19H,4,6,8-13H2,1H3/t19-/m1/s1. The summed E-state index contributed by atoms with van der Waals surface area (Å²) >= 11 is 2.10. The van der Waals surface area contributed by atoms with Crippen molar-refractivity contribution in [1.82, 2.24) is 14.8 Å². The first kappa shape index (κ1) is 20.4. The van der Waals surface area contributed by atoms with Gasteiger partial charge in [0.05, 0.1) is 10.5 Å². The lowest BCUT2D eigenvalue weighted by Crippen LogP contribution is -2.38. The zero-order chi connectivity index (χ0) is 20.4. The van der Waals surface area contributed by atoms with Crippen LogP contribution < -0.4 is 0 Å². The molecular formula is C22H26IN3O3. The zero-order valence-electron chi connectivity index (χ0n) is 16.6. The van der Waals surface area contributed by atoms with Crippen molar-refractivity contribution in [3.63, 3.8) is 0 Å². The van der Waals surface area contributed by atoms with Gasteiger partial charge in [-0.1, -0.05) is 46.9 Å². The summed E-state index contributed by atoms with van der Waals surface area (Å²) in [7, 11) is 1.86. The van der Waals surface area contributed by atoms with Crippen LogP contribution in [0.2, 0.25) is 0 Å². The fraction of sp³-hybridized carbons (Fsp3) is 0.500. The monoisotopic (exact) mass is 507 g/mol. The first-order valence-electron chi connectivity index (χ1n) is 10.2. The molecule has 1 saturated heterocycles. The maximum atomic E-state index is 13.1. The number of carbonyl (C=O) groups excluding carboxylic acids is 2. The van der Waals surface area contributed by atoms with Gasteiger partial charge in [0.25, 0.3) is 5.91 Å². The molecule has 7 heteroatoms. The molecular weight excluding hydrogens is 481 g/mol. The number of piperidine rings is 1. The molecule has 0 radical (unpaired) electrons. The summed E-state index contributed by atoms with van der Waals surface area (Å²) < 4.78 is 6.20. The number of nitrogens with zero attached hydrogens (tertiary/aromatic N) is 3. The Kier molecular flexibility index (Phi) is 6.22. The summed E-state index contributed by atoms with van der Waals surface area (Å²) in [5.41, 5.74) is 2.94. The minimum absolute atomic E-state index is 0.0788. The predicted octanol–water partition coefficient (Wildman–Crippen LogP) is 3.97. The van der Waals surface area contributed by atoms with Gasteiger partial charge in [-0.05, 0) is 43.2 Å². The molecule has 29 heavy (non-hydrogen) atoms. The van der Waals surface area contributed by atoms with Crippen LogP contribution in [0.3, 0.4) is 0 Å². The highest BCUT2D eigenvalue weighted by Crippen LogP contribution is 2.34. The molecule has 1 atom stereocenters. The maximum absolute atomic E-state index is 13.1. The van der Waals surface area contributed by atoms with Crippen LogP contribution in [0.5, 0.6) is 0 Å². The number of amides is 2. The molecule has 1 aromatic heterocycles. The Bertz CT molecular complexity index is 889. The van der Waals surface area contributed by atoms with Gasteiger partial charge >= 0.3 is 0 Å². The number of hydrogen-bond acceptors (Lipinski definition) is 4. The Balaban J connectivity index is 1.43. The Morgan fingerprint density at radius 2 is 2.00 bits per heavy atom. The van der Waals surface area contributed by atoms with Gasteiger partial charge in [0.1, 0.15) is 6.26 Å². The third kappa shape index (κ3) is 4.20. The van der Waals surface area contributed by atoms with Gasteiger partial charge in [0.2, 0.25) is 5.91 Å². The molecule has 4 rings (SSSR count). The summed E-state index contributed by atoms with van der Waals surface area (Å²) in [5, 5.41) is 0. The normalized spacial score (nSPS) is 19.7. The van der Waals surface area contributed by atoms with Crippen LogP contribution in [0.4, 0.5) is 0 Å². The number of halogens is 1. The van der Waals surface area contributed by atoms with Gasteiger partial charge in [0, 0.05) is 26.1 Å². The van der Waals surface area contributed by atoms with E-state index in [4.69, 9.17) is 4.42 Å². The molecule has 1 fully saturated rings. The van der Waals surface area contributed by atoms with Crippen LogP contribution in [0.15, 0.2) is 34.9 Å². The third-order valence-electron chi connectivity index (χ3n) is 6.18. The molecule has 0 spiro atoms. The molecule has 0 N–H and O–H groups in total. The van der Waals surface area contributed by atoms with Crippen molar-refractivity contribution >= 4 is 34.4 Å². The van der Waals surface area contributed by atoms with Crippen molar-refractivity contribution in [1.29, 1.82) is 0 Å². The van der Waals surface area contributed by atoms with Crippen molar-refractivity contribution in [3.05, 3.63) is 53.2 Å². The number of aryl methyl sites for hydroxylation is 1. The van der Waals surface area contributed by atoms with Crippen molar-refractivity contribution in [2.75, 3.05) is 24.6 Å². The molecule has 154 valence electrons. The Labute approximate surface area is 184 Å². The minimum Gasteiger partial charge on any atom is -0.448 e. The number of benzene rings is 1. The number of carbonyl (C=O) groups is 2. The molecule has 6 nitrogen and oxygen atoms in total. The Hall–Kier alpha value is -1.90. The van der Waals surface area contributed by atoms with E-state index in [2.05, 4.69) is 45.8 Å². The maximum Gasteiger partial charge on any atom is 0.276 e. The van der Waals surface area contributed by atoms with Gasteiger partial charge in [-0.25, -0.2) is 4.98 Å². The second kappa shape index (κ2) is 8.85. The second-order valence-corrected chi connectivity index (χ2v) is 8.65. The molecule has 0 bridgehead atoms. The Morgan fingerprint density at radius 3 is 2.76 bits per heavy atom. The molecule has 2 heterocycles. The van der Waals surface area contributed by atoms with E-state index in [9.17, 15) is 9.59 Å². The van der Waals surface area contributed by atoms with E-state index in [1.54, 1.807) is 4.90 Å². The third-order valence-corrected chi connectivity index (χ3v) is 6.83. The second-order valence-electron chi connectivity index (χ2n) is 7.88.